The molecule has 1 heterocycles. The summed E-state index contributed by atoms with van der Waals surface area (Å²) in [5, 5.41) is 14.3. The van der Waals surface area contributed by atoms with Crippen LogP contribution in [-0.4, -0.2) is 21.0 Å². The van der Waals surface area contributed by atoms with Crippen molar-refractivity contribution < 1.29 is 5.11 Å². The van der Waals surface area contributed by atoms with E-state index < -0.39 is 0 Å². The fourth-order valence-electron chi connectivity index (χ4n) is 2.96. The van der Waals surface area contributed by atoms with Gasteiger partial charge < -0.3 is 5.11 Å². The van der Waals surface area contributed by atoms with Crippen molar-refractivity contribution in [1.82, 2.24) is 9.78 Å². The Morgan fingerprint density at radius 2 is 2.24 bits per heavy atom. The van der Waals surface area contributed by atoms with Crippen LogP contribution in [0.15, 0.2) is 12.4 Å². The number of hydrogen-bond acceptors (Lipinski definition) is 2. The summed E-state index contributed by atoms with van der Waals surface area (Å²) in [5.41, 5.74) is 1.32. The van der Waals surface area contributed by atoms with Crippen LogP contribution in [0.25, 0.3) is 0 Å². The molecular formula is C14H24N2O. The summed E-state index contributed by atoms with van der Waals surface area (Å²) in [4.78, 5) is 0. The first-order chi connectivity index (χ1) is 8.24. The Balaban J connectivity index is 2.11. The zero-order valence-corrected chi connectivity index (χ0v) is 11.0. The quantitative estimate of drug-likeness (QED) is 0.872. The van der Waals surface area contributed by atoms with E-state index in [2.05, 4.69) is 29.8 Å². The molecule has 0 radical (unpaired) electrons. The third-order valence-electron chi connectivity index (χ3n) is 3.99. The predicted molar refractivity (Wildman–Crippen MR) is 68.9 cm³/mol. The van der Waals surface area contributed by atoms with Gasteiger partial charge in [0.1, 0.15) is 0 Å². The lowest BCUT2D eigenvalue weighted by Crippen LogP contribution is -2.30. The highest BCUT2D eigenvalue weighted by molar-refractivity contribution is 5.05. The van der Waals surface area contributed by atoms with E-state index in [0.717, 1.165) is 32.1 Å². The van der Waals surface area contributed by atoms with Gasteiger partial charge in [0.15, 0.2) is 0 Å². The Morgan fingerprint density at radius 3 is 2.94 bits per heavy atom. The largest absolute Gasteiger partial charge is 0.393 e. The molecule has 0 bridgehead atoms. The van der Waals surface area contributed by atoms with Crippen molar-refractivity contribution in [1.29, 1.82) is 0 Å². The van der Waals surface area contributed by atoms with Gasteiger partial charge in [-0.05, 0) is 37.2 Å². The Bertz CT molecular complexity index is 348. The monoisotopic (exact) mass is 236 g/mol. The van der Waals surface area contributed by atoms with Crippen molar-refractivity contribution in [3.05, 3.63) is 18.0 Å². The second-order valence-electron chi connectivity index (χ2n) is 5.28. The van der Waals surface area contributed by atoms with Crippen LogP contribution in [0, 0.1) is 5.92 Å². The number of rotatable bonds is 4. The minimum Gasteiger partial charge on any atom is -0.393 e. The normalized spacial score (nSPS) is 29.5. The Kier molecular flexibility index (Phi) is 4.21. The predicted octanol–water partition coefficient (Wildman–Crippen LogP) is 2.95. The van der Waals surface area contributed by atoms with E-state index in [9.17, 15) is 5.11 Å². The number of hydrogen-bond donors (Lipinski definition) is 1. The second kappa shape index (κ2) is 5.67. The van der Waals surface area contributed by atoms with Gasteiger partial charge in [0.25, 0.3) is 0 Å². The molecule has 1 N–H and O–H groups in total. The second-order valence-corrected chi connectivity index (χ2v) is 5.28. The molecule has 3 nitrogen and oxygen atoms in total. The number of aryl methyl sites for hydroxylation is 1. The molecule has 0 spiro atoms. The van der Waals surface area contributed by atoms with E-state index in [1.807, 2.05) is 6.20 Å². The molecule has 1 aromatic heterocycles. The Morgan fingerprint density at radius 1 is 1.41 bits per heavy atom. The summed E-state index contributed by atoms with van der Waals surface area (Å²) in [6.07, 6.45) is 10.4. The van der Waals surface area contributed by atoms with Gasteiger partial charge in [0.2, 0.25) is 0 Å². The Labute approximate surface area is 104 Å². The van der Waals surface area contributed by atoms with Gasteiger partial charge in [0, 0.05) is 6.20 Å². The van der Waals surface area contributed by atoms with Gasteiger partial charge >= 0.3 is 0 Å². The fourth-order valence-corrected chi connectivity index (χ4v) is 2.96. The maximum Gasteiger partial charge on any atom is 0.0571 e. The number of aliphatic hydroxyl groups is 1. The third-order valence-corrected chi connectivity index (χ3v) is 3.99. The first kappa shape index (κ1) is 12.6. The molecular weight excluding hydrogens is 212 g/mol. The molecule has 1 aliphatic carbocycles. The summed E-state index contributed by atoms with van der Waals surface area (Å²) < 4.78 is 2.10. The molecule has 1 aromatic rings. The van der Waals surface area contributed by atoms with Crippen LogP contribution in [0.5, 0.6) is 0 Å². The van der Waals surface area contributed by atoms with Crippen LogP contribution in [0.2, 0.25) is 0 Å². The molecule has 17 heavy (non-hydrogen) atoms. The van der Waals surface area contributed by atoms with Gasteiger partial charge in [-0.2, -0.15) is 5.10 Å². The molecule has 2 rings (SSSR count). The lowest BCUT2D eigenvalue weighted by Gasteiger charge is -2.33. The molecule has 3 heteroatoms. The summed E-state index contributed by atoms with van der Waals surface area (Å²) in [7, 11) is 0. The molecule has 0 aromatic carbocycles. The van der Waals surface area contributed by atoms with Crippen LogP contribution in [0.4, 0.5) is 0 Å². The molecule has 1 fully saturated rings. The number of aromatic nitrogens is 2. The van der Waals surface area contributed by atoms with Crippen molar-refractivity contribution in [3.8, 4) is 0 Å². The molecule has 1 aliphatic rings. The fraction of sp³-hybridized carbons (Fsp3) is 0.786. The summed E-state index contributed by atoms with van der Waals surface area (Å²) in [6.45, 7) is 4.43. The van der Waals surface area contributed by atoms with E-state index in [0.29, 0.717) is 12.0 Å². The Hall–Kier alpha value is -0.830. The first-order valence-electron chi connectivity index (χ1n) is 6.95. The summed E-state index contributed by atoms with van der Waals surface area (Å²) in [5.74, 6) is 0.674. The summed E-state index contributed by atoms with van der Waals surface area (Å²) in [6, 6.07) is 0.398. The molecule has 3 unspecified atom stereocenters. The van der Waals surface area contributed by atoms with E-state index >= 15 is 0 Å². The van der Waals surface area contributed by atoms with E-state index in [4.69, 9.17) is 0 Å². The topological polar surface area (TPSA) is 38.0 Å². The standard InChI is InChI=1S/C14H24N2O/c1-3-5-11-9-15-16(10-11)14-8-13(17)7-6-12(14)4-2/h9-10,12-14,17H,3-8H2,1-2H3. The number of nitrogens with zero attached hydrogens (tertiary/aromatic N) is 2. The summed E-state index contributed by atoms with van der Waals surface area (Å²) >= 11 is 0. The van der Waals surface area contributed by atoms with Gasteiger partial charge in [-0.3, -0.25) is 4.68 Å². The van der Waals surface area contributed by atoms with Crippen LogP contribution in [0.1, 0.15) is 57.6 Å². The van der Waals surface area contributed by atoms with E-state index in [1.54, 1.807) is 0 Å². The highest BCUT2D eigenvalue weighted by Crippen LogP contribution is 2.35. The maximum absolute atomic E-state index is 9.82. The molecule has 0 aliphatic heterocycles. The van der Waals surface area contributed by atoms with E-state index in [-0.39, 0.29) is 6.10 Å². The van der Waals surface area contributed by atoms with Crippen LogP contribution >= 0.6 is 0 Å². The van der Waals surface area contributed by atoms with Crippen molar-refractivity contribution in [2.75, 3.05) is 0 Å². The SMILES string of the molecule is CCCc1cnn(C2CC(O)CCC2CC)c1. The minimum atomic E-state index is -0.137. The third kappa shape index (κ3) is 2.89. The van der Waals surface area contributed by atoms with Gasteiger partial charge in [-0.1, -0.05) is 26.7 Å². The smallest absolute Gasteiger partial charge is 0.0571 e. The lowest BCUT2D eigenvalue weighted by molar-refractivity contribution is 0.0667. The van der Waals surface area contributed by atoms with Crippen molar-refractivity contribution in [2.24, 2.45) is 5.92 Å². The van der Waals surface area contributed by atoms with Crippen LogP contribution in [0.3, 0.4) is 0 Å². The molecule has 96 valence electrons. The number of aliphatic hydroxyl groups excluding tert-OH is 1. The van der Waals surface area contributed by atoms with Gasteiger partial charge in [-0.15, -0.1) is 0 Å². The molecule has 3 atom stereocenters. The van der Waals surface area contributed by atoms with Gasteiger partial charge in [0.05, 0.1) is 18.3 Å². The highest BCUT2D eigenvalue weighted by Gasteiger charge is 2.30. The molecule has 0 saturated heterocycles. The van der Waals surface area contributed by atoms with Crippen molar-refractivity contribution >= 4 is 0 Å². The molecule has 1 saturated carbocycles. The molecule has 0 amide bonds. The van der Waals surface area contributed by atoms with E-state index in [1.165, 1.54) is 12.0 Å². The van der Waals surface area contributed by atoms with Gasteiger partial charge in [-0.25, -0.2) is 0 Å². The van der Waals surface area contributed by atoms with Crippen LogP contribution in [-0.2, 0) is 6.42 Å². The zero-order chi connectivity index (χ0) is 12.3. The minimum absolute atomic E-state index is 0.137. The average molecular weight is 236 g/mol. The maximum atomic E-state index is 9.82. The first-order valence-corrected chi connectivity index (χ1v) is 6.95. The highest BCUT2D eigenvalue weighted by atomic mass is 16.3. The zero-order valence-electron chi connectivity index (χ0n) is 11.0. The average Bonchev–Trinajstić information content (AvgIpc) is 2.78. The van der Waals surface area contributed by atoms with Crippen molar-refractivity contribution in [2.45, 2.75) is 64.5 Å². The lowest BCUT2D eigenvalue weighted by atomic mass is 9.81. The van der Waals surface area contributed by atoms with Crippen molar-refractivity contribution in [3.63, 3.8) is 0 Å². The van der Waals surface area contributed by atoms with Crippen LogP contribution < -0.4 is 0 Å².